The SMILES string of the molecule is C=CC(C)CCCC(C)C1CCC2C3CCC4CC(Oc5ccc(N)cc5N)CCC4(C)C3CCC12C. The summed E-state index contributed by atoms with van der Waals surface area (Å²) in [6.07, 6.45) is 18.8. The Balaban J connectivity index is 1.23. The first kappa shape index (κ1) is 26.9. The summed E-state index contributed by atoms with van der Waals surface area (Å²) in [6.45, 7) is 14.3. The van der Waals surface area contributed by atoms with Crippen LogP contribution in [0.4, 0.5) is 11.4 Å². The van der Waals surface area contributed by atoms with Gasteiger partial charge in [-0.1, -0.05) is 46.6 Å². The maximum Gasteiger partial charge on any atom is 0.142 e. The lowest BCUT2D eigenvalue weighted by Gasteiger charge is -2.61. The molecule has 0 amide bonds. The third-order valence-electron chi connectivity index (χ3n) is 12.4. The number of nitrogens with two attached hydrogens (primary N) is 2. The fourth-order valence-electron chi connectivity index (χ4n) is 10.2. The molecule has 1 aromatic carbocycles. The molecule has 4 N–H and O–H groups in total. The highest BCUT2D eigenvalue weighted by Crippen LogP contribution is 2.68. The lowest BCUT2D eigenvalue weighted by molar-refractivity contribution is -0.126. The zero-order valence-corrected chi connectivity index (χ0v) is 24.2. The van der Waals surface area contributed by atoms with Crippen molar-refractivity contribution in [3.63, 3.8) is 0 Å². The Hall–Kier alpha value is -1.64. The summed E-state index contributed by atoms with van der Waals surface area (Å²) < 4.78 is 6.46. The summed E-state index contributed by atoms with van der Waals surface area (Å²) in [4.78, 5) is 0. The summed E-state index contributed by atoms with van der Waals surface area (Å²) in [5, 5.41) is 0. The molecule has 1 aromatic rings. The summed E-state index contributed by atoms with van der Waals surface area (Å²) in [6, 6.07) is 5.68. The molecule has 37 heavy (non-hydrogen) atoms. The van der Waals surface area contributed by atoms with E-state index in [-0.39, 0.29) is 6.10 Å². The third kappa shape index (κ3) is 4.94. The van der Waals surface area contributed by atoms with Crippen LogP contribution in [0.15, 0.2) is 30.9 Å². The van der Waals surface area contributed by atoms with Crippen molar-refractivity contribution in [2.45, 2.75) is 111 Å². The molecule has 0 aromatic heterocycles. The number of fused-ring (bicyclic) bond motifs is 5. The topological polar surface area (TPSA) is 61.3 Å². The average Bonchev–Trinajstić information content (AvgIpc) is 3.23. The number of ether oxygens (including phenoxy) is 1. The number of allylic oxidation sites excluding steroid dienone is 1. The van der Waals surface area contributed by atoms with E-state index < -0.39 is 0 Å². The second kappa shape index (κ2) is 10.5. The predicted octanol–water partition coefficient (Wildman–Crippen LogP) is 8.89. The van der Waals surface area contributed by atoms with Crippen molar-refractivity contribution >= 4 is 11.4 Å². The number of rotatable bonds is 8. The molecule has 4 aliphatic rings. The van der Waals surface area contributed by atoms with E-state index >= 15 is 0 Å². The Morgan fingerprint density at radius 3 is 2.49 bits per heavy atom. The molecule has 10 unspecified atom stereocenters. The quantitative estimate of drug-likeness (QED) is 0.273. The number of nitrogen functional groups attached to an aromatic ring is 2. The van der Waals surface area contributed by atoms with Crippen molar-refractivity contribution in [3.8, 4) is 5.75 Å². The molecule has 5 rings (SSSR count). The average molecular weight is 507 g/mol. The van der Waals surface area contributed by atoms with Crippen molar-refractivity contribution < 1.29 is 4.74 Å². The Kier molecular flexibility index (Phi) is 7.64. The minimum Gasteiger partial charge on any atom is -0.488 e. The summed E-state index contributed by atoms with van der Waals surface area (Å²) in [5.74, 6) is 6.87. The van der Waals surface area contributed by atoms with Gasteiger partial charge in [-0.3, -0.25) is 0 Å². The van der Waals surface area contributed by atoms with Crippen LogP contribution in [0.2, 0.25) is 0 Å². The van der Waals surface area contributed by atoms with E-state index in [0.717, 1.165) is 47.7 Å². The number of benzene rings is 1. The van der Waals surface area contributed by atoms with Gasteiger partial charge in [-0.15, -0.1) is 6.58 Å². The van der Waals surface area contributed by atoms with Gasteiger partial charge in [0.15, 0.2) is 0 Å². The van der Waals surface area contributed by atoms with Crippen molar-refractivity contribution in [2.24, 2.45) is 52.3 Å². The van der Waals surface area contributed by atoms with E-state index in [9.17, 15) is 0 Å². The van der Waals surface area contributed by atoms with Gasteiger partial charge in [-0.05, 0) is 135 Å². The van der Waals surface area contributed by atoms with E-state index in [1.165, 1.54) is 70.6 Å². The lowest BCUT2D eigenvalue weighted by Crippen LogP contribution is -2.54. The number of hydrogen-bond acceptors (Lipinski definition) is 3. The Bertz CT molecular complexity index is 959. The molecule has 0 bridgehead atoms. The van der Waals surface area contributed by atoms with Gasteiger partial charge in [-0.2, -0.15) is 0 Å². The van der Waals surface area contributed by atoms with E-state index in [2.05, 4.69) is 40.3 Å². The van der Waals surface area contributed by atoms with E-state index in [0.29, 0.717) is 28.1 Å². The van der Waals surface area contributed by atoms with Crippen LogP contribution in [-0.4, -0.2) is 6.10 Å². The van der Waals surface area contributed by atoms with Crippen molar-refractivity contribution in [2.75, 3.05) is 11.5 Å². The van der Waals surface area contributed by atoms with Crippen LogP contribution in [0, 0.1) is 52.3 Å². The van der Waals surface area contributed by atoms with Crippen LogP contribution in [0.25, 0.3) is 0 Å². The molecule has 0 spiro atoms. The Morgan fingerprint density at radius 1 is 0.973 bits per heavy atom. The minimum absolute atomic E-state index is 0.287. The van der Waals surface area contributed by atoms with Crippen molar-refractivity contribution in [3.05, 3.63) is 30.9 Å². The monoisotopic (exact) mass is 506 g/mol. The molecule has 0 radical (unpaired) electrons. The van der Waals surface area contributed by atoms with E-state index in [1.807, 2.05) is 18.2 Å². The van der Waals surface area contributed by atoms with Gasteiger partial charge in [0.2, 0.25) is 0 Å². The molecule has 10 atom stereocenters. The molecule has 0 aliphatic heterocycles. The predicted molar refractivity (Wildman–Crippen MR) is 157 cm³/mol. The maximum atomic E-state index is 6.46. The van der Waals surface area contributed by atoms with Gasteiger partial charge >= 0.3 is 0 Å². The van der Waals surface area contributed by atoms with Crippen LogP contribution in [0.3, 0.4) is 0 Å². The van der Waals surface area contributed by atoms with Crippen LogP contribution in [0.1, 0.15) is 105 Å². The lowest BCUT2D eigenvalue weighted by atomic mass is 9.44. The fraction of sp³-hybridized carbons (Fsp3) is 0.765. The van der Waals surface area contributed by atoms with Crippen molar-refractivity contribution in [1.29, 1.82) is 0 Å². The largest absolute Gasteiger partial charge is 0.488 e. The van der Waals surface area contributed by atoms with Gasteiger partial charge in [0.05, 0.1) is 11.8 Å². The number of hydrogen-bond donors (Lipinski definition) is 2. The zero-order chi connectivity index (χ0) is 26.4. The molecule has 4 fully saturated rings. The van der Waals surface area contributed by atoms with E-state index in [1.54, 1.807) is 0 Å². The zero-order valence-electron chi connectivity index (χ0n) is 24.2. The van der Waals surface area contributed by atoms with Crippen LogP contribution >= 0.6 is 0 Å². The van der Waals surface area contributed by atoms with Gasteiger partial charge in [-0.25, -0.2) is 0 Å². The second-order valence-corrected chi connectivity index (χ2v) is 14.3. The van der Waals surface area contributed by atoms with Crippen LogP contribution < -0.4 is 16.2 Å². The molecule has 206 valence electrons. The molecule has 0 saturated heterocycles. The minimum atomic E-state index is 0.287. The van der Waals surface area contributed by atoms with Crippen molar-refractivity contribution in [1.82, 2.24) is 0 Å². The molecule has 4 aliphatic carbocycles. The fourth-order valence-corrected chi connectivity index (χ4v) is 10.2. The summed E-state index contributed by atoms with van der Waals surface area (Å²) in [7, 11) is 0. The molecule has 0 heterocycles. The van der Waals surface area contributed by atoms with Gasteiger partial charge in [0.25, 0.3) is 0 Å². The van der Waals surface area contributed by atoms with Crippen LogP contribution in [0.5, 0.6) is 5.75 Å². The van der Waals surface area contributed by atoms with E-state index in [4.69, 9.17) is 16.2 Å². The standard InChI is InChI=1S/C34H54N2O/c1-6-22(2)8-7-9-23(3)28-13-14-29-27-12-10-24-20-26(37-32-15-11-25(35)21-31(32)36)16-18-33(24,4)30(27)17-19-34(28,29)5/h6,11,15,21-24,26-30H,1,7-10,12-14,16-20,35-36H2,2-5H3. The first-order chi connectivity index (χ1) is 17.7. The first-order valence-electron chi connectivity index (χ1n) is 15.6. The van der Waals surface area contributed by atoms with Gasteiger partial charge in [0.1, 0.15) is 5.75 Å². The van der Waals surface area contributed by atoms with Gasteiger partial charge < -0.3 is 16.2 Å². The molecule has 3 nitrogen and oxygen atoms in total. The van der Waals surface area contributed by atoms with Gasteiger partial charge in [0, 0.05) is 5.69 Å². The Labute approximate surface area is 227 Å². The second-order valence-electron chi connectivity index (χ2n) is 14.3. The third-order valence-corrected chi connectivity index (χ3v) is 12.4. The molecular weight excluding hydrogens is 452 g/mol. The molecule has 3 heteroatoms. The number of anilines is 2. The highest BCUT2D eigenvalue weighted by Gasteiger charge is 2.60. The summed E-state index contributed by atoms with van der Waals surface area (Å²) in [5.41, 5.74) is 14.5. The van der Waals surface area contributed by atoms with Crippen LogP contribution in [-0.2, 0) is 0 Å². The Morgan fingerprint density at radius 2 is 1.73 bits per heavy atom. The highest BCUT2D eigenvalue weighted by atomic mass is 16.5. The first-order valence-corrected chi connectivity index (χ1v) is 15.6. The molecule has 4 saturated carbocycles. The maximum absolute atomic E-state index is 6.46. The smallest absolute Gasteiger partial charge is 0.142 e. The normalized spacial score (nSPS) is 40.6. The summed E-state index contributed by atoms with van der Waals surface area (Å²) >= 11 is 0. The molecular formula is C34H54N2O. The highest BCUT2D eigenvalue weighted by molar-refractivity contribution is 5.60.